The molecule has 0 aromatic carbocycles. The van der Waals surface area contributed by atoms with Gasteiger partial charge in [-0.1, -0.05) is 0 Å². The summed E-state index contributed by atoms with van der Waals surface area (Å²) in [4.78, 5) is 22.9. The van der Waals surface area contributed by atoms with Crippen LogP contribution in [0.5, 0.6) is 0 Å². The van der Waals surface area contributed by atoms with E-state index >= 15 is 0 Å². The van der Waals surface area contributed by atoms with Crippen LogP contribution < -0.4 is 5.32 Å². The fraction of sp³-hybridized carbons (Fsp3) is 0.625. The van der Waals surface area contributed by atoms with Crippen LogP contribution in [0.15, 0.2) is 0 Å². The molecule has 0 spiro atoms. The van der Waals surface area contributed by atoms with E-state index in [9.17, 15) is 9.59 Å². The lowest BCUT2D eigenvalue weighted by Crippen LogP contribution is -2.50. The number of nitrogens with zero attached hydrogens (tertiary/aromatic N) is 2. The van der Waals surface area contributed by atoms with Crippen molar-refractivity contribution in [1.82, 2.24) is 10.2 Å². The largest absolute Gasteiger partial charge is 0.480 e. The van der Waals surface area contributed by atoms with Crippen LogP contribution in [0.2, 0.25) is 0 Å². The van der Waals surface area contributed by atoms with Gasteiger partial charge in [-0.3, -0.25) is 4.79 Å². The maximum absolute atomic E-state index is 11.4. The molecule has 1 saturated heterocycles. The van der Waals surface area contributed by atoms with Gasteiger partial charge in [-0.25, -0.2) is 4.79 Å². The predicted molar refractivity (Wildman–Crippen MR) is 48.0 cm³/mol. The quantitative estimate of drug-likeness (QED) is 0.612. The lowest BCUT2D eigenvalue weighted by molar-refractivity contribution is -0.135. The SMILES string of the molecule is N#CC1CN(C(=O)NCC(=O)O)CCO1. The number of carboxylic acid groups (broad SMARTS) is 1. The standard InChI is InChI=1S/C8H11N3O4/c9-3-6-5-11(1-2-15-6)8(14)10-4-7(12)13/h6H,1-2,4-5H2,(H,10,14)(H,12,13). The van der Waals surface area contributed by atoms with Crippen molar-refractivity contribution >= 4 is 12.0 Å². The average molecular weight is 213 g/mol. The second kappa shape index (κ2) is 5.17. The molecule has 1 unspecified atom stereocenters. The molecule has 0 saturated carbocycles. The van der Waals surface area contributed by atoms with Crippen LogP contribution in [0, 0.1) is 11.3 Å². The van der Waals surface area contributed by atoms with Crippen molar-refractivity contribution in [2.75, 3.05) is 26.2 Å². The number of rotatable bonds is 2. The van der Waals surface area contributed by atoms with Crippen molar-refractivity contribution in [3.05, 3.63) is 0 Å². The van der Waals surface area contributed by atoms with Crippen LogP contribution in [-0.2, 0) is 9.53 Å². The van der Waals surface area contributed by atoms with Gasteiger partial charge < -0.3 is 20.1 Å². The van der Waals surface area contributed by atoms with E-state index in [2.05, 4.69) is 5.32 Å². The lowest BCUT2D eigenvalue weighted by Gasteiger charge is -2.29. The van der Waals surface area contributed by atoms with Gasteiger partial charge in [-0.15, -0.1) is 0 Å². The van der Waals surface area contributed by atoms with Crippen LogP contribution in [0.3, 0.4) is 0 Å². The Kier molecular flexibility index (Phi) is 3.88. The number of nitrogens with one attached hydrogen (secondary N) is 1. The minimum Gasteiger partial charge on any atom is -0.480 e. The predicted octanol–water partition coefficient (Wildman–Crippen LogP) is -0.995. The zero-order valence-corrected chi connectivity index (χ0v) is 7.97. The molecule has 1 rings (SSSR count). The van der Waals surface area contributed by atoms with E-state index in [1.807, 2.05) is 6.07 Å². The zero-order chi connectivity index (χ0) is 11.3. The monoisotopic (exact) mass is 213 g/mol. The second-order valence-electron chi connectivity index (χ2n) is 2.99. The number of aliphatic carboxylic acids is 1. The molecule has 1 heterocycles. The Morgan fingerprint density at radius 3 is 3.00 bits per heavy atom. The van der Waals surface area contributed by atoms with Crippen molar-refractivity contribution in [2.45, 2.75) is 6.10 Å². The number of carbonyl (C=O) groups is 2. The first-order chi connectivity index (χ1) is 7.13. The van der Waals surface area contributed by atoms with Gasteiger partial charge in [0.25, 0.3) is 0 Å². The Hall–Kier alpha value is -1.81. The number of hydrogen-bond donors (Lipinski definition) is 2. The first-order valence-electron chi connectivity index (χ1n) is 4.39. The smallest absolute Gasteiger partial charge is 0.323 e. The van der Waals surface area contributed by atoms with Crippen molar-refractivity contribution in [3.8, 4) is 6.07 Å². The lowest BCUT2D eigenvalue weighted by atomic mass is 10.3. The minimum atomic E-state index is -1.10. The highest BCUT2D eigenvalue weighted by atomic mass is 16.5. The van der Waals surface area contributed by atoms with E-state index in [1.54, 1.807) is 0 Å². The fourth-order valence-corrected chi connectivity index (χ4v) is 1.17. The van der Waals surface area contributed by atoms with Crippen molar-refractivity contribution in [2.24, 2.45) is 0 Å². The molecule has 7 heteroatoms. The molecule has 2 N–H and O–H groups in total. The third-order valence-corrected chi connectivity index (χ3v) is 1.89. The second-order valence-corrected chi connectivity index (χ2v) is 2.99. The van der Waals surface area contributed by atoms with Crippen LogP contribution in [-0.4, -0.2) is 54.4 Å². The number of ether oxygens (including phenoxy) is 1. The summed E-state index contributed by atoms with van der Waals surface area (Å²) in [5, 5.41) is 19.1. The molecular formula is C8H11N3O4. The highest BCUT2D eigenvalue weighted by Crippen LogP contribution is 2.03. The Morgan fingerprint density at radius 2 is 2.40 bits per heavy atom. The molecule has 82 valence electrons. The molecule has 0 bridgehead atoms. The Morgan fingerprint density at radius 1 is 1.67 bits per heavy atom. The van der Waals surface area contributed by atoms with Crippen molar-refractivity contribution in [1.29, 1.82) is 5.26 Å². The molecule has 0 aliphatic carbocycles. The van der Waals surface area contributed by atoms with E-state index in [4.69, 9.17) is 15.1 Å². The summed E-state index contributed by atoms with van der Waals surface area (Å²) in [5.41, 5.74) is 0. The van der Waals surface area contributed by atoms with Gasteiger partial charge in [0.05, 0.1) is 19.2 Å². The molecular weight excluding hydrogens is 202 g/mol. The van der Waals surface area contributed by atoms with Crippen LogP contribution in [0.25, 0.3) is 0 Å². The van der Waals surface area contributed by atoms with Crippen molar-refractivity contribution < 1.29 is 19.4 Å². The molecule has 0 radical (unpaired) electrons. The Labute approximate surface area is 86.2 Å². The summed E-state index contributed by atoms with van der Waals surface area (Å²) in [6.45, 7) is 0.401. The van der Waals surface area contributed by atoms with E-state index in [-0.39, 0.29) is 6.54 Å². The number of hydrogen-bond acceptors (Lipinski definition) is 4. The molecule has 1 aliphatic heterocycles. The number of amides is 2. The summed E-state index contributed by atoms with van der Waals surface area (Å²) in [5.74, 6) is -1.10. The zero-order valence-electron chi connectivity index (χ0n) is 7.97. The van der Waals surface area contributed by atoms with Gasteiger partial charge >= 0.3 is 12.0 Å². The first-order valence-corrected chi connectivity index (χ1v) is 4.39. The maximum atomic E-state index is 11.4. The Bertz CT molecular complexity index is 299. The van der Waals surface area contributed by atoms with Gasteiger partial charge in [0, 0.05) is 6.54 Å². The topological polar surface area (TPSA) is 103 Å². The highest BCUT2D eigenvalue weighted by Gasteiger charge is 2.23. The number of urea groups is 1. The molecule has 1 aliphatic rings. The van der Waals surface area contributed by atoms with E-state index in [0.717, 1.165) is 0 Å². The van der Waals surface area contributed by atoms with Crippen molar-refractivity contribution in [3.63, 3.8) is 0 Å². The number of carboxylic acids is 1. The summed E-state index contributed by atoms with van der Waals surface area (Å²) in [7, 11) is 0. The van der Waals surface area contributed by atoms with Gasteiger partial charge in [0.1, 0.15) is 6.54 Å². The minimum absolute atomic E-state index is 0.169. The fourth-order valence-electron chi connectivity index (χ4n) is 1.17. The molecule has 0 aromatic heterocycles. The highest BCUT2D eigenvalue weighted by molar-refractivity contribution is 5.80. The molecule has 1 atom stereocenters. The summed E-state index contributed by atoms with van der Waals surface area (Å²) < 4.78 is 5.03. The maximum Gasteiger partial charge on any atom is 0.323 e. The van der Waals surface area contributed by atoms with Gasteiger partial charge in [-0.05, 0) is 0 Å². The van der Waals surface area contributed by atoms with Gasteiger partial charge in [0.2, 0.25) is 0 Å². The molecule has 7 nitrogen and oxygen atoms in total. The molecule has 2 amide bonds. The van der Waals surface area contributed by atoms with E-state index in [0.29, 0.717) is 13.2 Å². The molecule has 15 heavy (non-hydrogen) atoms. The van der Waals surface area contributed by atoms with Gasteiger partial charge in [-0.2, -0.15) is 5.26 Å². The molecule has 1 fully saturated rings. The summed E-state index contributed by atoms with van der Waals surface area (Å²) in [6.07, 6.45) is -0.630. The summed E-state index contributed by atoms with van der Waals surface area (Å²) >= 11 is 0. The van der Waals surface area contributed by atoms with Gasteiger partial charge in [0.15, 0.2) is 6.10 Å². The van der Waals surface area contributed by atoms with Crippen LogP contribution >= 0.6 is 0 Å². The van der Waals surface area contributed by atoms with E-state index < -0.39 is 24.6 Å². The number of carbonyl (C=O) groups excluding carboxylic acids is 1. The number of morpholine rings is 1. The third kappa shape index (κ3) is 3.44. The van der Waals surface area contributed by atoms with Crippen LogP contribution in [0.4, 0.5) is 4.79 Å². The Balaban J connectivity index is 2.39. The van der Waals surface area contributed by atoms with E-state index in [1.165, 1.54) is 4.90 Å². The van der Waals surface area contributed by atoms with Crippen LogP contribution in [0.1, 0.15) is 0 Å². The number of nitriles is 1. The summed E-state index contributed by atoms with van der Waals surface area (Å²) in [6, 6.07) is 1.41. The average Bonchev–Trinajstić information content (AvgIpc) is 2.26. The normalized spacial score (nSPS) is 20.5. The third-order valence-electron chi connectivity index (χ3n) is 1.89. The molecule has 0 aromatic rings. The first kappa shape index (κ1) is 11.3.